The van der Waals surface area contributed by atoms with Gasteiger partial charge < -0.3 is 9.47 Å². The molecule has 1 aromatic carbocycles. The van der Waals surface area contributed by atoms with E-state index in [2.05, 4.69) is 10.3 Å². The van der Waals surface area contributed by atoms with Crippen molar-refractivity contribution in [3.63, 3.8) is 0 Å². The van der Waals surface area contributed by atoms with Crippen molar-refractivity contribution in [2.75, 3.05) is 12.4 Å². The number of ether oxygens (including phenoxy) is 2. The zero-order valence-electron chi connectivity index (χ0n) is 14.5. The number of benzene rings is 1. The summed E-state index contributed by atoms with van der Waals surface area (Å²) in [6, 6.07) is 10.0. The van der Waals surface area contributed by atoms with Gasteiger partial charge in [0.25, 0.3) is 5.91 Å². The van der Waals surface area contributed by atoms with Crippen molar-refractivity contribution in [3.05, 3.63) is 63.3 Å². The van der Waals surface area contributed by atoms with Crippen LogP contribution in [-0.2, 0) is 4.79 Å². The number of thiophene rings is 1. The van der Waals surface area contributed by atoms with Gasteiger partial charge in [0.2, 0.25) is 0 Å². The van der Waals surface area contributed by atoms with E-state index in [1.807, 2.05) is 6.07 Å². The second kappa shape index (κ2) is 8.94. The smallest absolute Gasteiger partial charge is 0.353 e. The van der Waals surface area contributed by atoms with Crippen LogP contribution in [0.1, 0.15) is 15.2 Å². The number of nitrogens with zero attached hydrogens (tertiary/aromatic N) is 2. The number of rotatable bonds is 6. The Bertz CT molecular complexity index is 1050. The maximum absolute atomic E-state index is 12.2. The van der Waals surface area contributed by atoms with Crippen LogP contribution in [0.3, 0.4) is 0 Å². The predicted molar refractivity (Wildman–Crippen MR) is 107 cm³/mol. The highest BCUT2D eigenvalue weighted by Crippen LogP contribution is 2.30. The summed E-state index contributed by atoms with van der Waals surface area (Å²) in [5, 5.41) is 15.7. The van der Waals surface area contributed by atoms with Gasteiger partial charge in [-0.2, -0.15) is 5.26 Å². The first kappa shape index (κ1) is 19.3. The molecule has 0 fully saturated rings. The second-order valence-corrected chi connectivity index (χ2v) is 7.08. The topological polar surface area (TPSA) is 101 Å². The van der Waals surface area contributed by atoms with Gasteiger partial charge in [-0.1, -0.05) is 12.1 Å². The Kier molecular flexibility index (Phi) is 6.16. The molecule has 0 radical (unpaired) electrons. The number of esters is 1. The summed E-state index contributed by atoms with van der Waals surface area (Å²) >= 11 is 2.52. The SMILES string of the molecule is COc1cc(/C=C(\C#N)C(=O)Nc2nccs2)ccc1OC(=O)c1cccs1. The first-order valence-corrected chi connectivity index (χ1v) is 9.63. The largest absolute Gasteiger partial charge is 0.493 e. The van der Waals surface area contributed by atoms with Crippen LogP contribution in [0, 0.1) is 11.3 Å². The van der Waals surface area contributed by atoms with Crippen molar-refractivity contribution < 1.29 is 19.1 Å². The van der Waals surface area contributed by atoms with Crippen molar-refractivity contribution in [1.82, 2.24) is 4.98 Å². The summed E-state index contributed by atoms with van der Waals surface area (Å²) in [5.41, 5.74) is 0.444. The minimum Gasteiger partial charge on any atom is -0.493 e. The van der Waals surface area contributed by atoms with Gasteiger partial charge in [0, 0.05) is 11.6 Å². The summed E-state index contributed by atoms with van der Waals surface area (Å²) < 4.78 is 10.6. The average molecular weight is 411 g/mol. The maximum atomic E-state index is 12.2. The molecule has 9 heteroatoms. The molecule has 0 saturated heterocycles. The molecule has 28 heavy (non-hydrogen) atoms. The van der Waals surface area contributed by atoms with Crippen molar-refractivity contribution >= 4 is 45.8 Å². The van der Waals surface area contributed by atoms with Crippen molar-refractivity contribution in [2.24, 2.45) is 0 Å². The molecule has 0 unspecified atom stereocenters. The third-order valence-corrected chi connectivity index (χ3v) is 4.98. The van der Waals surface area contributed by atoms with Crippen LogP contribution in [0.25, 0.3) is 6.08 Å². The summed E-state index contributed by atoms with van der Waals surface area (Å²) in [7, 11) is 1.44. The van der Waals surface area contributed by atoms with Crippen LogP contribution in [0.15, 0.2) is 52.9 Å². The molecule has 0 spiro atoms. The van der Waals surface area contributed by atoms with E-state index in [9.17, 15) is 14.9 Å². The molecular weight excluding hydrogens is 398 g/mol. The quantitative estimate of drug-likeness (QED) is 0.285. The Morgan fingerprint density at radius 2 is 2.07 bits per heavy atom. The lowest BCUT2D eigenvalue weighted by Gasteiger charge is -2.09. The molecule has 2 aromatic heterocycles. The number of carbonyl (C=O) groups excluding carboxylic acids is 2. The Balaban J connectivity index is 1.80. The number of aromatic nitrogens is 1. The second-order valence-electron chi connectivity index (χ2n) is 5.24. The molecule has 1 N–H and O–H groups in total. The number of anilines is 1. The van der Waals surface area contributed by atoms with E-state index in [0.717, 1.165) is 0 Å². The highest BCUT2D eigenvalue weighted by Gasteiger charge is 2.15. The molecule has 0 aliphatic heterocycles. The zero-order chi connectivity index (χ0) is 19.9. The fourth-order valence-corrected chi connectivity index (χ4v) is 3.29. The molecule has 0 saturated carbocycles. The molecule has 1 amide bonds. The van der Waals surface area contributed by atoms with Crippen LogP contribution in [0.5, 0.6) is 11.5 Å². The fraction of sp³-hybridized carbons (Fsp3) is 0.0526. The van der Waals surface area contributed by atoms with E-state index in [4.69, 9.17) is 9.47 Å². The maximum Gasteiger partial charge on any atom is 0.353 e. The number of thiazole rings is 1. The summed E-state index contributed by atoms with van der Waals surface area (Å²) in [6.07, 6.45) is 2.97. The van der Waals surface area contributed by atoms with Gasteiger partial charge in [-0.25, -0.2) is 9.78 Å². The van der Waals surface area contributed by atoms with Crippen molar-refractivity contribution in [1.29, 1.82) is 5.26 Å². The zero-order valence-corrected chi connectivity index (χ0v) is 16.2. The standard InChI is InChI=1S/C19H13N3O4S2/c1-25-15-10-12(4-5-14(15)26-18(24)16-3-2-7-27-16)9-13(11-20)17(23)22-19-21-6-8-28-19/h2-10H,1H3,(H,21,22,23)/b13-9+. The number of hydrogen-bond donors (Lipinski definition) is 1. The highest BCUT2D eigenvalue weighted by atomic mass is 32.1. The lowest BCUT2D eigenvalue weighted by atomic mass is 10.1. The molecule has 0 bridgehead atoms. The number of nitriles is 1. The number of hydrogen-bond acceptors (Lipinski definition) is 8. The van der Waals surface area contributed by atoms with Crippen molar-refractivity contribution in [3.8, 4) is 17.6 Å². The molecular formula is C19H13N3O4S2. The number of amides is 1. The van der Waals surface area contributed by atoms with Crippen molar-refractivity contribution in [2.45, 2.75) is 0 Å². The van der Waals surface area contributed by atoms with Gasteiger partial charge in [0.05, 0.1) is 7.11 Å². The lowest BCUT2D eigenvalue weighted by molar-refractivity contribution is -0.112. The highest BCUT2D eigenvalue weighted by molar-refractivity contribution is 7.13. The van der Waals surface area contributed by atoms with Crippen LogP contribution in [0.2, 0.25) is 0 Å². The predicted octanol–water partition coefficient (Wildman–Crippen LogP) is 3.98. The Morgan fingerprint density at radius 3 is 2.71 bits per heavy atom. The summed E-state index contributed by atoms with van der Waals surface area (Å²) in [5.74, 6) is -0.512. The first-order chi connectivity index (χ1) is 13.6. The van der Waals surface area contributed by atoms with Gasteiger partial charge in [0.1, 0.15) is 16.5 Å². The Hall–Kier alpha value is -3.48. The molecule has 0 aliphatic carbocycles. The minimum absolute atomic E-state index is 0.0967. The molecule has 2 heterocycles. The summed E-state index contributed by atoms with van der Waals surface area (Å²) in [6.45, 7) is 0. The third-order valence-electron chi connectivity index (χ3n) is 3.44. The summed E-state index contributed by atoms with van der Waals surface area (Å²) in [4.78, 5) is 28.7. The minimum atomic E-state index is -0.565. The Labute approximate surface area is 168 Å². The van der Waals surface area contributed by atoms with E-state index >= 15 is 0 Å². The molecule has 7 nitrogen and oxygen atoms in total. The van der Waals surface area contributed by atoms with Gasteiger partial charge >= 0.3 is 5.97 Å². The molecule has 140 valence electrons. The number of methoxy groups -OCH3 is 1. The molecule has 3 aromatic rings. The monoisotopic (exact) mass is 411 g/mol. The molecule has 0 atom stereocenters. The average Bonchev–Trinajstić information content (AvgIpc) is 3.41. The van der Waals surface area contributed by atoms with Crippen LogP contribution in [0.4, 0.5) is 5.13 Å². The van der Waals surface area contributed by atoms with Gasteiger partial charge in [-0.05, 0) is 35.2 Å². The number of carbonyl (C=O) groups is 2. The van der Waals surface area contributed by atoms with E-state index in [-0.39, 0.29) is 11.3 Å². The number of nitrogens with one attached hydrogen (secondary N) is 1. The normalized spacial score (nSPS) is 10.8. The molecule has 3 rings (SSSR count). The van der Waals surface area contributed by atoms with Gasteiger partial charge in [-0.3, -0.25) is 10.1 Å². The lowest BCUT2D eigenvalue weighted by Crippen LogP contribution is -2.13. The van der Waals surface area contributed by atoms with E-state index in [0.29, 0.717) is 21.3 Å². The van der Waals surface area contributed by atoms with E-state index in [1.54, 1.807) is 47.3 Å². The van der Waals surface area contributed by atoms with Gasteiger partial charge in [0.15, 0.2) is 16.6 Å². The molecule has 0 aliphatic rings. The fourth-order valence-electron chi connectivity index (χ4n) is 2.17. The van der Waals surface area contributed by atoms with Crippen LogP contribution >= 0.6 is 22.7 Å². The first-order valence-electron chi connectivity index (χ1n) is 7.87. The van der Waals surface area contributed by atoms with E-state index in [1.165, 1.54) is 35.9 Å². The van der Waals surface area contributed by atoms with E-state index < -0.39 is 11.9 Å². The third kappa shape index (κ3) is 4.62. The van der Waals surface area contributed by atoms with Crippen LogP contribution in [-0.4, -0.2) is 24.0 Å². The van der Waals surface area contributed by atoms with Crippen LogP contribution < -0.4 is 14.8 Å². The Morgan fingerprint density at radius 1 is 1.21 bits per heavy atom. The van der Waals surface area contributed by atoms with Gasteiger partial charge in [-0.15, -0.1) is 22.7 Å².